The van der Waals surface area contributed by atoms with Crippen molar-refractivity contribution in [2.45, 2.75) is 12.8 Å². The quantitative estimate of drug-likeness (QED) is 0.388. The second-order valence-corrected chi connectivity index (χ2v) is 6.31. The summed E-state index contributed by atoms with van der Waals surface area (Å²) in [6.07, 6.45) is 5.01. The molecule has 0 aromatic heterocycles. The van der Waals surface area contributed by atoms with Crippen molar-refractivity contribution in [2.75, 3.05) is 24.5 Å². The minimum atomic E-state index is -0.584. The highest BCUT2D eigenvalue weighted by Gasteiger charge is 2.32. The van der Waals surface area contributed by atoms with Crippen LogP contribution in [-0.2, 0) is 9.59 Å². The fourth-order valence-corrected chi connectivity index (χ4v) is 3.23. The zero-order valence-corrected chi connectivity index (χ0v) is 14.4. The SMILES string of the molecule is C=CCN1C(=O)C(=Cc2ccc(N3CCCC3)c(F)c2)C(=O)NC1=S. The third-order valence-electron chi connectivity index (χ3n) is 4.23. The van der Waals surface area contributed by atoms with Gasteiger partial charge in [-0.3, -0.25) is 19.8 Å². The molecule has 0 bridgehead atoms. The van der Waals surface area contributed by atoms with E-state index in [1.165, 1.54) is 23.1 Å². The van der Waals surface area contributed by atoms with Crippen LogP contribution in [0.15, 0.2) is 36.4 Å². The number of rotatable bonds is 4. The molecule has 3 rings (SSSR count). The Bertz CT molecular complexity index is 785. The minimum absolute atomic E-state index is 0.0441. The summed E-state index contributed by atoms with van der Waals surface area (Å²) in [5.74, 6) is -1.46. The standard InChI is InChI=1S/C18H18FN3O2S/c1-2-7-22-17(24)13(16(23)20-18(22)25)10-12-5-6-15(14(19)11-12)21-8-3-4-9-21/h2,5-6,10-11H,1,3-4,7-9H2,(H,20,23,25). The Morgan fingerprint density at radius 3 is 2.64 bits per heavy atom. The molecule has 5 nitrogen and oxygen atoms in total. The minimum Gasteiger partial charge on any atom is -0.369 e. The van der Waals surface area contributed by atoms with Crippen molar-refractivity contribution in [3.8, 4) is 0 Å². The number of nitrogens with one attached hydrogen (secondary N) is 1. The summed E-state index contributed by atoms with van der Waals surface area (Å²) in [5, 5.41) is 2.51. The number of benzene rings is 1. The van der Waals surface area contributed by atoms with Crippen LogP contribution in [0.3, 0.4) is 0 Å². The van der Waals surface area contributed by atoms with Crippen LogP contribution >= 0.6 is 12.2 Å². The Morgan fingerprint density at radius 2 is 2.00 bits per heavy atom. The topological polar surface area (TPSA) is 52.7 Å². The van der Waals surface area contributed by atoms with Crippen molar-refractivity contribution < 1.29 is 14.0 Å². The Kier molecular flexibility index (Phi) is 4.94. The van der Waals surface area contributed by atoms with E-state index in [-0.39, 0.29) is 23.0 Å². The molecule has 2 aliphatic heterocycles. The van der Waals surface area contributed by atoms with E-state index in [0.29, 0.717) is 11.3 Å². The Hall–Kier alpha value is -2.54. The van der Waals surface area contributed by atoms with E-state index in [4.69, 9.17) is 12.2 Å². The summed E-state index contributed by atoms with van der Waals surface area (Å²) in [6, 6.07) is 4.73. The predicted molar refractivity (Wildman–Crippen MR) is 98.5 cm³/mol. The summed E-state index contributed by atoms with van der Waals surface area (Å²) in [7, 11) is 0. The van der Waals surface area contributed by atoms with E-state index >= 15 is 0 Å². The summed E-state index contributed by atoms with van der Waals surface area (Å²) < 4.78 is 14.4. The number of hydrogen-bond acceptors (Lipinski definition) is 4. The molecule has 2 heterocycles. The molecular formula is C18H18FN3O2S. The summed E-state index contributed by atoms with van der Waals surface area (Å²) >= 11 is 5.00. The van der Waals surface area contributed by atoms with Crippen molar-refractivity contribution >= 4 is 40.9 Å². The number of amides is 2. The number of nitrogens with zero attached hydrogens (tertiary/aromatic N) is 2. The molecule has 0 radical (unpaired) electrons. The van der Waals surface area contributed by atoms with Crippen molar-refractivity contribution in [2.24, 2.45) is 0 Å². The van der Waals surface area contributed by atoms with Crippen LogP contribution in [0.25, 0.3) is 6.08 Å². The third kappa shape index (κ3) is 3.46. The first-order valence-electron chi connectivity index (χ1n) is 8.05. The maximum Gasteiger partial charge on any atom is 0.265 e. The summed E-state index contributed by atoms with van der Waals surface area (Å²) in [6.45, 7) is 5.44. The van der Waals surface area contributed by atoms with Gasteiger partial charge in [-0.2, -0.15) is 0 Å². The lowest BCUT2D eigenvalue weighted by atomic mass is 10.1. The Morgan fingerprint density at radius 1 is 1.28 bits per heavy atom. The van der Waals surface area contributed by atoms with Crippen LogP contribution in [0.5, 0.6) is 0 Å². The molecule has 1 aromatic carbocycles. The van der Waals surface area contributed by atoms with E-state index in [1.54, 1.807) is 12.1 Å². The molecule has 2 saturated heterocycles. The third-order valence-corrected chi connectivity index (χ3v) is 4.55. The molecule has 1 aromatic rings. The van der Waals surface area contributed by atoms with E-state index in [9.17, 15) is 14.0 Å². The van der Waals surface area contributed by atoms with Gasteiger partial charge in [0, 0.05) is 19.6 Å². The first-order chi connectivity index (χ1) is 12.0. The highest BCUT2D eigenvalue weighted by Crippen LogP contribution is 2.25. The van der Waals surface area contributed by atoms with Crippen LogP contribution < -0.4 is 10.2 Å². The molecule has 0 aliphatic carbocycles. The van der Waals surface area contributed by atoms with Gasteiger partial charge in [-0.15, -0.1) is 6.58 Å². The average molecular weight is 359 g/mol. The fraction of sp³-hybridized carbons (Fsp3) is 0.278. The van der Waals surface area contributed by atoms with Crippen LogP contribution in [0.2, 0.25) is 0 Å². The van der Waals surface area contributed by atoms with Crippen molar-refractivity contribution in [3.63, 3.8) is 0 Å². The van der Waals surface area contributed by atoms with E-state index in [0.717, 1.165) is 25.9 Å². The van der Waals surface area contributed by atoms with Gasteiger partial charge in [0.25, 0.3) is 11.8 Å². The molecule has 0 unspecified atom stereocenters. The molecule has 2 amide bonds. The molecule has 130 valence electrons. The zero-order chi connectivity index (χ0) is 18.0. The van der Waals surface area contributed by atoms with Gasteiger partial charge < -0.3 is 4.90 Å². The maximum atomic E-state index is 14.4. The molecule has 2 aliphatic rings. The second kappa shape index (κ2) is 7.14. The van der Waals surface area contributed by atoms with Crippen LogP contribution in [0.1, 0.15) is 18.4 Å². The number of carbonyl (C=O) groups excluding carboxylic acids is 2. The molecule has 0 atom stereocenters. The van der Waals surface area contributed by atoms with Gasteiger partial charge in [0.05, 0.1) is 5.69 Å². The maximum absolute atomic E-state index is 14.4. The second-order valence-electron chi connectivity index (χ2n) is 5.93. The van der Waals surface area contributed by atoms with Gasteiger partial charge in [0.15, 0.2) is 5.11 Å². The first kappa shape index (κ1) is 17.3. The monoisotopic (exact) mass is 359 g/mol. The van der Waals surface area contributed by atoms with Crippen molar-refractivity contribution in [1.29, 1.82) is 0 Å². The van der Waals surface area contributed by atoms with E-state index in [1.807, 2.05) is 4.90 Å². The molecular weight excluding hydrogens is 341 g/mol. The van der Waals surface area contributed by atoms with Gasteiger partial charge in [-0.05, 0) is 48.8 Å². The predicted octanol–water partition coefficient (Wildman–Crippen LogP) is 2.24. The van der Waals surface area contributed by atoms with Gasteiger partial charge >= 0.3 is 0 Å². The van der Waals surface area contributed by atoms with Gasteiger partial charge in [0.2, 0.25) is 0 Å². The van der Waals surface area contributed by atoms with Gasteiger partial charge in [-0.25, -0.2) is 4.39 Å². The van der Waals surface area contributed by atoms with E-state index < -0.39 is 11.8 Å². The lowest BCUT2D eigenvalue weighted by molar-refractivity contribution is -0.128. The zero-order valence-electron chi connectivity index (χ0n) is 13.6. The number of carbonyl (C=O) groups is 2. The van der Waals surface area contributed by atoms with Gasteiger partial charge in [-0.1, -0.05) is 12.1 Å². The van der Waals surface area contributed by atoms with Crippen molar-refractivity contribution in [3.05, 3.63) is 47.8 Å². The Labute approximate surface area is 150 Å². The molecule has 25 heavy (non-hydrogen) atoms. The number of thiocarbonyl (C=S) groups is 1. The van der Waals surface area contributed by atoms with Crippen LogP contribution in [0.4, 0.5) is 10.1 Å². The lowest BCUT2D eigenvalue weighted by Gasteiger charge is -2.27. The largest absolute Gasteiger partial charge is 0.369 e. The number of anilines is 1. The summed E-state index contributed by atoms with van der Waals surface area (Å²) in [4.78, 5) is 27.8. The van der Waals surface area contributed by atoms with Crippen LogP contribution in [0, 0.1) is 5.82 Å². The van der Waals surface area contributed by atoms with Crippen LogP contribution in [-0.4, -0.2) is 41.5 Å². The average Bonchev–Trinajstić information content (AvgIpc) is 3.10. The highest BCUT2D eigenvalue weighted by molar-refractivity contribution is 7.80. The van der Waals surface area contributed by atoms with E-state index in [2.05, 4.69) is 11.9 Å². The molecule has 7 heteroatoms. The molecule has 0 saturated carbocycles. The number of hydrogen-bond donors (Lipinski definition) is 1. The highest BCUT2D eigenvalue weighted by atomic mass is 32.1. The van der Waals surface area contributed by atoms with Gasteiger partial charge in [0.1, 0.15) is 11.4 Å². The molecule has 2 fully saturated rings. The Balaban J connectivity index is 1.89. The normalized spacial score (nSPS) is 19.6. The van der Waals surface area contributed by atoms with Crippen molar-refractivity contribution in [1.82, 2.24) is 10.2 Å². The lowest BCUT2D eigenvalue weighted by Crippen LogP contribution is -2.53. The first-order valence-corrected chi connectivity index (χ1v) is 8.46. The fourth-order valence-electron chi connectivity index (χ4n) is 2.98. The smallest absolute Gasteiger partial charge is 0.265 e. The summed E-state index contributed by atoms with van der Waals surface area (Å²) in [5.41, 5.74) is 0.919. The molecule has 1 N–H and O–H groups in total. The number of halogens is 1. The molecule has 0 spiro atoms.